The predicted octanol–water partition coefficient (Wildman–Crippen LogP) is 2.63. The number of halogens is 3. The molecule has 0 aliphatic carbocycles. The van der Waals surface area contributed by atoms with Crippen LogP contribution in [0.25, 0.3) is 0 Å². The smallest absolute Gasteiger partial charge is 0.404 e. The van der Waals surface area contributed by atoms with Gasteiger partial charge in [-0.15, -0.1) is 0 Å². The first-order chi connectivity index (χ1) is 7.73. The molecule has 0 rings (SSSR count). The van der Waals surface area contributed by atoms with E-state index in [1.165, 1.54) is 0 Å². The summed E-state index contributed by atoms with van der Waals surface area (Å²) in [5, 5.41) is 0. The minimum absolute atomic E-state index is 0.0793. The predicted molar refractivity (Wildman–Crippen MR) is 58.3 cm³/mol. The van der Waals surface area contributed by atoms with Crippen LogP contribution in [0.15, 0.2) is 0 Å². The lowest BCUT2D eigenvalue weighted by Gasteiger charge is -2.25. The summed E-state index contributed by atoms with van der Waals surface area (Å²) in [7, 11) is 0. The van der Waals surface area contributed by atoms with Gasteiger partial charge in [-0.2, -0.15) is 13.2 Å². The van der Waals surface area contributed by atoms with Gasteiger partial charge in [0.1, 0.15) is 6.04 Å². The zero-order chi connectivity index (χ0) is 13.6. The summed E-state index contributed by atoms with van der Waals surface area (Å²) in [6.45, 7) is 5.13. The van der Waals surface area contributed by atoms with Crippen LogP contribution in [0.2, 0.25) is 0 Å². The molecule has 17 heavy (non-hydrogen) atoms. The van der Waals surface area contributed by atoms with Crippen molar-refractivity contribution in [3.63, 3.8) is 0 Å². The maximum atomic E-state index is 12.5. The third-order valence-corrected chi connectivity index (χ3v) is 2.61. The van der Waals surface area contributed by atoms with Crippen molar-refractivity contribution in [3.8, 4) is 0 Å². The molecule has 3 nitrogen and oxygen atoms in total. The second kappa shape index (κ2) is 6.83. The van der Waals surface area contributed by atoms with E-state index in [0.29, 0.717) is 12.8 Å². The van der Waals surface area contributed by atoms with Crippen LogP contribution in [0.3, 0.4) is 0 Å². The second-order valence-electron chi connectivity index (χ2n) is 4.12. The molecule has 0 spiro atoms. The van der Waals surface area contributed by atoms with Crippen LogP contribution in [0.1, 0.15) is 40.0 Å². The fourth-order valence-corrected chi connectivity index (χ4v) is 1.35. The summed E-state index contributed by atoms with van der Waals surface area (Å²) in [4.78, 5) is 11.6. The number of rotatable bonds is 6. The Morgan fingerprint density at radius 2 is 1.88 bits per heavy atom. The summed E-state index contributed by atoms with van der Waals surface area (Å²) in [5.41, 5.74) is 5.07. The van der Waals surface area contributed by atoms with Crippen molar-refractivity contribution in [2.75, 3.05) is 0 Å². The van der Waals surface area contributed by atoms with Gasteiger partial charge < -0.3 is 10.5 Å². The molecule has 0 fully saturated rings. The highest BCUT2D eigenvalue weighted by atomic mass is 19.4. The van der Waals surface area contributed by atoms with Crippen LogP contribution in [0.5, 0.6) is 0 Å². The Morgan fingerprint density at radius 1 is 1.35 bits per heavy atom. The second-order valence-corrected chi connectivity index (χ2v) is 4.12. The molecule has 0 aromatic carbocycles. The van der Waals surface area contributed by atoms with Crippen LogP contribution in [-0.2, 0) is 9.53 Å². The van der Waals surface area contributed by atoms with Crippen molar-refractivity contribution in [2.24, 2.45) is 11.7 Å². The Balaban J connectivity index is 4.67. The Hall–Kier alpha value is -0.780. The van der Waals surface area contributed by atoms with Gasteiger partial charge in [-0.25, -0.2) is 0 Å². The molecule has 3 atom stereocenters. The van der Waals surface area contributed by atoms with Gasteiger partial charge in [-0.3, -0.25) is 4.79 Å². The zero-order valence-corrected chi connectivity index (χ0v) is 10.4. The van der Waals surface area contributed by atoms with E-state index in [2.05, 4.69) is 0 Å². The van der Waals surface area contributed by atoms with E-state index in [4.69, 9.17) is 10.5 Å². The Labute approximate surface area is 99.5 Å². The van der Waals surface area contributed by atoms with Crippen LogP contribution in [-0.4, -0.2) is 24.3 Å². The molecule has 0 aliphatic heterocycles. The van der Waals surface area contributed by atoms with E-state index in [1.54, 1.807) is 20.8 Å². The van der Waals surface area contributed by atoms with Gasteiger partial charge in [0.2, 0.25) is 0 Å². The lowest BCUT2D eigenvalue weighted by molar-refractivity contribution is -0.179. The molecule has 0 aromatic rings. The maximum Gasteiger partial charge on any atom is 0.404 e. The van der Waals surface area contributed by atoms with Gasteiger partial charge in [-0.1, -0.05) is 20.3 Å². The van der Waals surface area contributed by atoms with E-state index in [1.807, 2.05) is 0 Å². The standard InChI is InChI=1S/C11H20F3NO2/c1-4-6-8(9(15)11(12,13)14)10(16)17-7(3)5-2/h7-9H,4-6,15H2,1-3H3/t7?,8-,9-/m1/s1. The highest BCUT2D eigenvalue weighted by Crippen LogP contribution is 2.27. The third kappa shape index (κ3) is 5.39. The van der Waals surface area contributed by atoms with Crippen LogP contribution < -0.4 is 5.73 Å². The molecule has 0 bridgehead atoms. The van der Waals surface area contributed by atoms with Gasteiger partial charge in [0.05, 0.1) is 12.0 Å². The number of carbonyl (C=O) groups is 1. The molecule has 0 aliphatic rings. The molecule has 0 saturated carbocycles. The number of hydrogen-bond acceptors (Lipinski definition) is 3. The van der Waals surface area contributed by atoms with Crippen molar-refractivity contribution >= 4 is 5.97 Å². The Kier molecular flexibility index (Phi) is 6.52. The fourth-order valence-electron chi connectivity index (χ4n) is 1.35. The molecule has 1 unspecified atom stereocenters. The molecule has 2 N–H and O–H groups in total. The van der Waals surface area contributed by atoms with Crippen molar-refractivity contribution in [3.05, 3.63) is 0 Å². The average Bonchev–Trinajstić information content (AvgIpc) is 2.23. The minimum Gasteiger partial charge on any atom is -0.462 e. The first-order valence-electron chi connectivity index (χ1n) is 5.76. The number of ether oxygens (including phenoxy) is 1. The van der Waals surface area contributed by atoms with Gasteiger partial charge >= 0.3 is 12.1 Å². The minimum atomic E-state index is -4.58. The zero-order valence-electron chi connectivity index (χ0n) is 10.4. The van der Waals surface area contributed by atoms with Gasteiger partial charge in [-0.05, 0) is 19.8 Å². The number of carbonyl (C=O) groups excluding carboxylic acids is 1. The lowest BCUT2D eigenvalue weighted by Crippen LogP contribution is -2.47. The number of hydrogen-bond donors (Lipinski definition) is 1. The summed E-state index contributed by atoms with van der Waals surface area (Å²) < 4.78 is 42.3. The normalized spacial score (nSPS) is 17.4. The third-order valence-electron chi connectivity index (χ3n) is 2.61. The first kappa shape index (κ1) is 16.2. The summed E-state index contributed by atoms with van der Waals surface area (Å²) in [6.07, 6.45) is -3.87. The highest BCUT2D eigenvalue weighted by Gasteiger charge is 2.45. The summed E-state index contributed by atoms with van der Waals surface area (Å²) in [5.74, 6) is -2.17. The molecule has 0 aromatic heterocycles. The maximum absolute atomic E-state index is 12.5. The van der Waals surface area contributed by atoms with E-state index >= 15 is 0 Å². The fraction of sp³-hybridized carbons (Fsp3) is 0.909. The molecule has 6 heteroatoms. The summed E-state index contributed by atoms with van der Waals surface area (Å²) >= 11 is 0. The molecule has 0 radical (unpaired) electrons. The SMILES string of the molecule is CCC[C@@H](C(=O)OC(C)CC)[C@@H](N)C(F)(F)F. The van der Waals surface area contributed by atoms with Crippen molar-refractivity contribution in [1.82, 2.24) is 0 Å². The summed E-state index contributed by atoms with van der Waals surface area (Å²) in [6, 6.07) is -2.15. The number of esters is 1. The Morgan fingerprint density at radius 3 is 2.24 bits per heavy atom. The van der Waals surface area contributed by atoms with Crippen molar-refractivity contribution < 1.29 is 22.7 Å². The van der Waals surface area contributed by atoms with Gasteiger partial charge in [0.15, 0.2) is 0 Å². The van der Waals surface area contributed by atoms with E-state index in [-0.39, 0.29) is 12.5 Å². The first-order valence-corrected chi connectivity index (χ1v) is 5.76. The Bertz CT molecular complexity index is 243. The monoisotopic (exact) mass is 255 g/mol. The molecule has 0 heterocycles. The van der Waals surface area contributed by atoms with Gasteiger partial charge in [0.25, 0.3) is 0 Å². The van der Waals surface area contributed by atoms with Crippen LogP contribution in [0.4, 0.5) is 13.2 Å². The van der Waals surface area contributed by atoms with E-state index < -0.39 is 24.1 Å². The quantitative estimate of drug-likeness (QED) is 0.742. The van der Waals surface area contributed by atoms with E-state index in [0.717, 1.165) is 0 Å². The largest absolute Gasteiger partial charge is 0.462 e. The van der Waals surface area contributed by atoms with Crippen LogP contribution >= 0.6 is 0 Å². The van der Waals surface area contributed by atoms with E-state index in [9.17, 15) is 18.0 Å². The van der Waals surface area contributed by atoms with Gasteiger partial charge in [0, 0.05) is 0 Å². The molecule has 0 amide bonds. The average molecular weight is 255 g/mol. The highest BCUT2D eigenvalue weighted by molar-refractivity contribution is 5.73. The number of alkyl halides is 3. The van der Waals surface area contributed by atoms with Crippen molar-refractivity contribution in [1.29, 1.82) is 0 Å². The topological polar surface area (TPSA) is 52.3 Å². The van der Waals surface area contributed by atoms with Crippen LogP contribution in [0, 0.1) is 5.92 Å². The molecular formula is C11H20F3NO2. The molecule has 102 valence electrons. The lowest BCUT2D eigenvalue weighted by atomic mass is 9.95. The molecular weight excluding hydrogens is 235 g/mol. The van der Waals surface area contributed by atoms with Crippen molar-refractivity contribution in [2.45, 2.75) is 58.4 Å². The number of nitrogens with two attached hydrogens (primary N) is 1. The molecule has 0 saturated heterocycles.